The number of benzene rings is 1. The standard InChI is InChI=1S/C22H18F4N2O5/c1-31-20(29)15-2-4-17(27-12-15)16(10-13-6-8-28(30)9-7-13)14-3-5-18(32-21(23)24)19(11-14)33-22(25)26/h2-9,11-12,16,21-22H,10H2,1H3. The Labute approximate surface area is 185 Å². The van der Waals surface area contributed by atoms with E-state index in [2.05, 4.69) is 19.2 Å². The van der Waals surface area contributed by atoms with Crippen molar-refractivity contribution in [1.29, 1.82) is 0 Å². The number of nitrogens with zero attached hydrogens (tertiary/aromatic N) is 2. The fraction of sp³-hybridized carbons (Fsp3) is 0.227. The van der Waals surface area contributed by atoms with Crippen LogP contribution in [0.25, 0.3) is 0 Å². The molecule has 3 rings (SSSR count). The van der Waals surface area contributed by atoms with E-state index in [9.17, 15) is 27.6 Å². The van der Waals surface area contributed by atoms with E-state index in [1.807, 2.05) is 0 Å². The van der Waals surface area contributed by atoms with E-state index in [-0.39, 0.29) is 12.0 Å². The Bertz CT molecular complexity index is 1080. The SMILES string of the molecule is COC(=O)c1ccc(C(Cc2cc[n+]([O-])cc2)c2ccc(OC(F)F)c(OC(F)F)c2)nc1. The summed E-state index contributed by atoms with van der Waals surface area (Å²) in [6, 6.07) is 9.90. The molecule has 0 aliphatic heterocycles. The van der Waals surface area contributed by atoms with Gasteiger partial charge in [0.2, 0.25) is 0 Å². The Morgan fingerprint density at radius 2 is 1.67 bits per heavy atom. The van der Waals surface area contributed by atoms with Crippen molar-refractivity contribution in [3.8, 4) is 11.5 Å². The van der Waals surface area contributed by atoms with Crippen LogP contribution in [0.15, 0.2) is 61.1 Å². The summed E-state index contributed by atoms with van der Waals surface area (Å²) in [5, 5.41) is 11.3. The van der Waals surface area contributed by atoms with Crippen LogP contribution in [0.5, 0.6) is 11.5 Å². The summed E-state index contributed by atoms with van der Waals surface area (Å²) in [4.78, 5) is 16.0. The highest BCUT2D eigenvalue weighted by Gasteiger charge is 2.22. The summed E-state index contributed by atoms with van der Waals surface area (Å²) in [5.41, 5.74) is 1.78. The lowest BCUT2D eigenvalue weighted by atomic mass is 9.88. The molecule has 0 saturated heterocycles. The zero-order chi connectivity index (χ0) is 24.0. The van der Waals surface area contributed by atoms with Crippen LogP contribution in [0.4, 0.5) is 17.6 Å². The second-order valence-corrected chi connectivity index (χ2v) is 6.75. The molecule has 0 N–H and O–H groups in total. The number of hydrogen-bond acceptors (Lipinski definition) is 6. The van der Waals surface area contributed by atoms with E-state index >= 15 is 0 Å². The fourth-order valence-electron chi connectivity index (χ4n) is 3.18. The Balaban J connectivity index is 2.04. The van der Waals surface area contributed by atoms with Gasteiger partial charge in [0.15, 0.2) is 23.9 Å². The van der Waals surface area contributed by atoms with Gasteiger partial charge in [-0.2, -0.15) is 22.3 Å². The van der Waals surface area contributed by atoms with Crippen molar-refractivity contribution in [3.63, 3.8) is 0 Å². The van der Waals surface area contributed by atoms with Crippen LogP contribution in [-0.2, 0) is 11.2 Å². The molecule has 33 heavy (non-hydrogen) atoms. The number of rotatable bonds is 9. The summed E-state index contributed by atoms with van der Waals surface area (Å²) >= 11 is 0. The molecule has 1 atom stereocenters. The first kappa shape index (κ1) is 23.8. The normalized spacial score (nSPS) is 12.0. The number of halogens is 4. The molecular weight excluding hydrogens is 448 g/mol. The second kappa shape index (κ2) is 10.6. The minimum absolute atomic E-state index is 0.203. The van der Waals surface area contributed by atoms with Gasteiger partial charge in [-0.25, -0.2) is 4.79 Å². The highest BCUT2D eigenvalue weighted by molar-refractivity contribution is 5.88. The molecule has 1 aromatic carbocycles. The fourth-order valence-corrected chi connectivity index (χ4v) is 3.18. The first-order valence-electron chi connectivity index (χ1n) is 9.52. The zero-order valence-corrected chi connectivity index (χ0v) is 17.2. The van der Waals surface area contributed by atoms with Crippen LogP contribution < -0.4 is 14.2 Å². The number of hydrogen-bond donors (Lipinski definition) is 0. The summed E-state index contributed by atoms with van der Waals surface area (Å²) in [6.45, 7) is -6.50. The van der Waals surface area contributed by atoms with Crippen molar-refractivity contribution in [2.75, 3.05) is 7.11 Å². The Kier molecular flexibility index (Phi) is 7.65. The van der Waals surface area contributed by atoms with Gasteiger partial charge in [0.25, 0.3) is 0 Å². The molecule has 0 aliphatic rings. The van der Waals surface area contributed by atoms with Gasteiger partial charge in [-0.1, -0.05) is 6.07 Å². The number of carbonyl (C=O) groups excluding carboxylic acids is 1. The molecule has 0 saturated carbocycles. The second-order valence-electron chi connectivity index (χ2n) is 6.75. The van der Waals surface area contributed by atoms with Gasteiger partial charge < -0.3 is 19.4 Å². The molecule has 11 heteroatoms. The maximum Gasteiger partial charge on any atom is 0.387 e. The highest BCUT2D eigenvalue weighted by Crippen LogP contribution is 2.36. The summed E-state index contributed by atoms with van der Waals surface area (Å²) < 4.78 is 65.0. The molecular formula is C22H18F4N2O5. The number of pyridine rings is 2. The van der Waals surface area contributed by atoms with Gasteiger partial charge in [0, 0.05) is 29.9 Å². The van der Waals surface area contributed by atoms with E-state index in [1.165, 1.54) is 43.9 Å². The lowest BCUT2D eigenvalue weighted by Gasteiger charge is -2.20. The topological polar surface area (TPSA) is 84.6 Å². The van der Waals surface area contributed by atoms with E-state index in [4.69, 9.17) is 0 Å². The molecule has 7 nitrogen and oxygen atoms in total. The largest absolute Gasteiger partial charge is 0.619 e. The van der Waals surface area contributed by atoms with E-state index in [0.29, 0.717) is 16.0 Å². The van der Waals surface area contributed by atoms with Gasteiger partial charge in [-0.15, -0.1) is 0 Å². The first-order valence-corrected chi connectivity index (χ1v) is 9.52. The van der Waals surface area contributed by atoms with Crippen molar-refractivity contribution in [3.05, 3.63) is 88.6 Å². The lowest BCUT2D eigenvalue weighted by molar-refractivity contribution is -0.605. The van der Waals surface area contributed by atoms with Gasteiger partial charge in [0.05, 0.1) is 12.7 Å². The molecule has 0 amide bonds. The minimum Gasteiger partial charge on any atom is -0.619 e. The smallest absolute Gasteiger partial charge is 0.387 e. The predicted molar refractivity (Wildman–Crippen MR) is 106 cm³/mol. The number of carbonyl (C=O) groups is 1. The predicted octanol–water partition coefficient (Wildman–Crippen LogP) is 4.08. The van der Waals surface area contributed by atoms with E-state index in [0.717, 1.165) is 11.6 Å². The van der Waals surface area contributed by atoms with Gasteiger partial charge in [-0.05, 0) is 41.8 Å². The average molecular weight is 466 g/mol. The van der Waals surface area contributed by atoms with Crippen LogP contribution in [0.2, 0.25) is 0 Å². The minimum atomic E-state index is -3.27. The van der Waals surface area contributed by atoms with Gasteiger partial charge in [-0.3, -0.25) is 4.98 Å². The Hall–Kier alpha value is -3.89. The van der Waals surface area contributed by atoms with E-state index in [1.54, 1.807) is 18.2 Å². The molecule has 1 unspecified atom stereocenters. The molecule has 2 heterocycles. The quantitative estimate of drug-likeness (QED) is 0.205. The molecule has 0 aliphatic carbocycles. The van der Waals surface area contributed by atoms with Crippen LogP contribution >= 0.6 is 0 Å². The summed E-state index contributed by atoms with van der Waals surface area (Å²) in [6.07, 6.45) is 4.17. The number of methoxy groups -OCH3 is 1. The van der Waals surface area contributed by atoms with E-state index < -0.39 is 36.6 Å². The maximum atomic E-state index is 12.9. The average Bonchev–Trinajstić information content (AvgIpc) is 2.79. The monoisotopic (exact) mass is 466 g/mol. The molecule has 0 radical (unpaired) electrons. The first-order chi connectivity index (χ1) is 15.8. The van der Waals surface area contributed by atoms with Crippen molar-refractivity contribution in [1.82, 2.24) is 4.98 Å². The summed E-state index contributed by atoms with van der Waals surface area (Å²) in [5.74, 6) is -2.27. The van der Waals surface area contributed by atoms with Crippen LogP contribution in [0, 0.1) is 5.21 Å². The summed E-state index contributed by atoms with van der Waals surface area (Å²) in [7, 11) is 1.23. The highest BCUT2D eigenvalue weighted by atomic mass is 19.3. The molecule has 0 spiro atoms. The van der Waals surface area contributed by atoms with Crippen molar-refractivity contribution < 1.29 is 41.3 Å². The third-order valence-electron chi connectivity index (χ3n) is 4.68. The third-order valence-corrected chi connectivity index (χ3v) is 4.68. The number of alkyl halides is 4. The van der Waals surface area contributed by atoms with Crippen molar-refractivity contribution >= 4 is 5.97 Å². The molecule has 174 valence electrons. The third kappa shape index (κ3) is 6.31. The van der Waals surface area contributed by atoms with Crippen molar-refractivity contribution in [2.45, 2.75) is 25.6 Å². The zero-order valence-electron chi connectivity index (χ0n) is 17.2. The Morgan fingerprint density at radius 3 is 2.24 bits per heavy atom. The van der Waals surface area contributed by atoms with Crippen LogP contribution in [-0.4, -0.2) is 31.3 Å². The van der Waals surface area contributed by atoms with Gasteiger partial charge in [0.1, 0.15) is 0 Å². The molecule has 0 bridgehead atoms. The van der Waals surface area contributed by atoms with Crippen LogP contribution in [0.1, 0.15) is 33.1 Å². The number of aromatic nitrogens is 2. The maximum absolute atomic E-state index is 12.9. The van der Waals surface area contributed by atoms with Crippen LogP contribution in [0.3, 0.4) is 0 Å². The molecule has 0 fully saturated rings. The molecule has 3 aromatic rings. The van der Waals surface area contributed by atoms with Crippen molar-refractivity contribution in [2.24, 2.45) is 0 Å². The Morgan fingerprint density at radius 1 is 1.00 bits per heavy atom. The molecule has 2 aromatic heterocycles. The number of ether oxygens (including phenoxy) is 3. The lowest BCUT2D eigenvalue weighted by Crippen LogP contribution is -2.24. The number of esters is 1. The van der Waals surface area contributed by atoms with Gasteiger partial charge >= 0.3 is 19.2 Å².